The van der Waals surface area contributed by atoms with Gasteiger partial charge in [0.2, 0.25) is 5.78 Å². The van der Waals surface area contributed by atoms with E-state index in [1.807, 2.05) is 61.5 Å². The quantitative estimate of drug-likeness (QED) is 0.341. The molecule has 0 saturated carbocycles. The maximum absolute atomic E-state index is 12.8. The van der Waals surface area contributed by atoms with Gasteiger partial charge in [-0.3, -0.25) is 4.79 Å². The number of rotatable bonds is 5. The van der Waals surface area contributed by atoms with E-state index in [0.29, 0.717) is 27.8 Å². The molecule has 144 valence electrons. The summed E-state index contributed by atoms with van der Waals surface area (Å²) in [5.74, 6) is 0.401. The molecule has 1 atom stereocenters. The van der Waals surface area contributed by atoms with Crippen molar-refractivity contribution >= 4 is 16.8 Å². The van der Waals surface area contributed by atoms with Gasteiger partial charge in [-0.15, -0.1) is 0 Å². The van der Waals surface area contributed by atoms with E-state index in [1.54, 1.807) is 25.1 Å². The van der Waals surface area contributed by atoms with Gasteiger partial charge in [-0.2, -0.15) is 0 Å². The Balaban J connectivity index is 1.84. The summed E-state index contributed by atoms with van der Waals surface area (Å²) >= 11 is 0. The van der Waals surface area contributed by atoms with Gasteiger partial charge in [0.1, 0.15) is 11.3 Å². The van der Waals surface area contributed by atoms with Crippen molar-refractivity contribution in [3.05, 3.63) is 100 Å². The number of hydrogen-bond acceptors (Lipinski definition) is 4. The van der Waals surface area contributed by atoms with E-state index in [9.17, 15) is 9.59 Å². The Kier molecular flexibility index (Phi) is 5.00. The molecule has 1 heterocycles. The van der Waals surface area contributed by atoms with Gasteiger partial charge in [0.25, 0.3) is 0 Å². The molecule has 0 aliphatic heterocycles. The highest BCUT2D eigenvalue weighted by Gasteiger charge is 2.20. The number of hydrogen-bond donors (Lipinski definition) is 0. The van der Waals surface area contributed by atoms with E-state index in [1.165, 1.54) is 6.07 Å². The Bertz CT molecular complexity index is 1220. The van der Waals surface area contributed by atoms with Crippen molar-refractivity contribution in [2.24, 2.45) is 0 Å². The van der Waals surface area contributed by atoms with Crippen molar-refractivity contribution in [2.45, 2.75) is 20.0 Å². The predicted octanol–water partition coefficient (Wildman–Crippen LogP) is 5.42. The molecule has 0 aliphatic carbocycles. The molecule has 4 nitrogen and oxygen atoms in total. The lowest BCUT2D eigenvalue weighted by atomic mass is 10.00. The fraction of sp³-hybridized carbons (Fsp3) is 0.120. The molecule has 4 rings (SSSR count). The third-order valence-corrected chi connectivity index (χ3v) is 4.77. The lowest BCUT2D eigenvalue weighted by molar-refractivity contribution is 0.0820. The van der Waals surface area contributed by atoms with Crippen LogP contribution in [0.25, 0.3) is 22.1 Å². The Hall–Kier alpha value is -3.66. The van der Waals surface area contributed by atoms with Gasteiger partial charge in [-0.05, 0) is 37.1 Å². The van der Waals surface area contributed by atoms with Gasteiger partial charge >= 0.3 is 5.63 Å². The van der Waals surface area contributed by atoms with Gasteiger partial charge in [-0.1, -0.05) is 60.7 Å². The Morgan fingerprint density at radius 3 is 2.28 bits per heavy atom. The minimum Gasteiger partial charge on any atom is -0.482 e. The minimum absolute atomic E-state index is 0.112. The molecule has 0 amide bonds. The monoisotopic (exact) mass is 384 g/mol. The van der Waals surface area contributed by atoms with E-state index >= 15 is 0 Å². The third kappa shape index (κ3) is 3.83. The van der Waals surface area contributed by atoms with Gasteiger partial charge < -0.3 is 9.15 Å². The standard InChI is InChI=1S/C25H20O4/c1-16-13-21(28-17(2)25(27)19-11-7-4-8-12-19)24-20(18-9-5-3-6-10-18)15-23(26)29-22(24)14-16/h3-15,17H,1-2H3. The normalized spacial score (nSPS) is 11.9. The third-order valence-electron chi connectivity index (χ3n) is 4.77. The van der Waals surface area contributed by atoms with Crippen LogP contribution in [0.4, 0.5) is 0 Å². The molecular formula is C25H20O4. The molecule has 29 heavy (non-hydrogen) atoms. The van der Waals surface area contributed by atoms with Crippen molar-refractivity contribution in [1.29, 1.82) is 0 Å². The first-order chi connectivity index (χ1) is 14.0. The first kappa shape index (κ1) is 18.7. The number of carbonyl (C=O) groups is 1. The number of ether oxygens (including phenoxy) is 1. The van der Waals surface area contributed by atoms with Gasteiger partial charge in [0.05, 0.1) is 5.39 Å². The summed E-state index contributed by atoms with van der Waals surface area (Å²) in [6, 6.07) is 23.8. The number of ketones is 1. The molecular weight excluding hydrogens is 364 g/mol. The van der Waals surface area contributed by atoms with Crippen LogP contribution in [-0.4, -0.2) is 11.9 Å². The average molecular weight is 384 g/mol. The lowest BCUT2D eigenvalue weighted by Crippen LogP contribution is -2.24. The van der Waals surface area contributed by atoms with Crippen LogP contribution < -0.4 is 10.4 Å². The molecule has 0 N–H and O–H groups in total. The summed E-state index contributed by atoms with van der Waals surface area (Å²) in [5, 5.41) is 0.675. The number of benzene rings is 3. The first-order valence-electron chi connectivity index (χ1n) is 9.43. The molecule has 4 aromatic rings. The van der Waals surface area contributed by atoms with Crippen LogP contribution >= 0.6 is 0 Å². The van der Waals surface area contributed by atoms with Crippen LogP contribution in [0.15, 0.2) is 88.1 Å². The van der Waals surface area contributed by atoms with Crippen LogP contribution in [0, 0.1) is 6.92 Å². The maximum Gasteiger partial charge on any atom is 0.336 e. The van der Waals surface area contributed by atoms with Crippen molar-refractivity contribution in [1.82, 2.24) is 0 Å². The molecule has 3 aromatic carbocycles. The SMILES string of the molecule is Cc1cc(OC(C)C(=O)c2ccccc2)c2c(-c3ccccc3)cc(=O)oc2c1. The smallest absolute Gasteiger partial charge is 0.336 e. The first-order valence-corrected chi connectivity index (χ1v) is 9.43. The molecule has 0 bridgehead atoms. The second kappa shape index (κ2) is 7.76. The number of carbonyl (C=O) groups excluding carboxylic acids is 1. The topological polar surface area (TPSA) is 56.5 Å². The Morgan fingerprint density at radius 1 is 0.931 bits per heavy atom. The molecule has 0 spiro atoms. The summed E-state index contributed by atoms with van der Waals surface area (Å²) < 4.78 is 11.6. The van der Waals surface area contributed by atoms with Crippen LogP contribution in [0.1, 0.15) is 22.8 Å². The number of aryl methyl sites for hydroxylation is 1. The molecule has 1 aromatic heterocycles. The van der Waals surface area contributed by atoms with Gasteiger partial charge in [-0.25, -0.2) is 4.79 Å². The zero-order valence-electron chi connectivity index (χ0n) is 16.2. The fourth-order valence-electron chi connectivity index (χ4n) is 3.41. The van der Waals surface area contributed by atoms with Gasteiger partial charge in [0.15, 0.2) is 6.10 Å². The van der Waals surface area contributed by atoms with E-state index < -0.39 is 11.7 Å². The lowest BCUT2D eigenvalue weighted by Gasteiger charge is -2.17. The van der Waals surface area contributed by atoms with Crippen molar-refractivity contribution in [2.75, 3.05) is 0 Å². The molecule has 0 fully saturated rings. The molecule has 0 aliphatic rings. The van der Waals surface area contributed by atoms with Crippen molar-refractivity contribution < 1.29 is 13.9 Å². The summed E-state index contributed by atoms with van der Waals surface area (Å²) in [6.45, 7) is 3.62. The van der Waals surface area contributed by atoms with Gasteiger partial charge in [0, 0.05) is 17.2 Å². The predicted molar refractivity (Wildman–Crippen MR) is 114 cm³/mol. The Morgan fingerprint density at radius 2 is 1.59 bits per heavy atom. The van der Waals surface area contributed by atoms with Crippen LogP contribution in [0.2, 0.25) is 0 Å². The van der Waals surface area contributed by atoms with E-state index in [0.717, 1.165) is 11.1 Å². The number of fused-ring (bicyclic) bond motifs is 1. The minimum atomic E-state index is -0.696. The van der Waals surface area contributed by atoms with E-state index in [-0.39, 0.29) is 5.78 Å². The summed E-state index contributed by atoms with van der Waals surface area (Å²) in [4.78, 5) is 24.9. The van der Waals surface area contributed by atoms with Crippen molar-refractivity contribution in [3.8, 4) is 16.9 Å². The Labute approximate surface area is 168 Å². The van der Waals surface area contributed by atoms with Crippen LogP contribution in [0.5, 0.6) is 5.75 Å². The number of Topliss-reactive ketones (excluding diaryl/α,β-unsaturated/α-hetero) is 1. The second-order valence-corrected chi connectivity index (χ2v) is 6.97. The maximum atomic E-state index is 12.8. The van der Waals surface area contributed by atoms with E-state index in [4.69, 9.17) is 9.15 Å². The zero-order chi connectivity index (χ0) is 20.4. The highest BCUT2D eigenvalue weighted by molar-refractivity contribution is 6.01. The summed E-state index contributed by atoms with van der Waals surface area (Å²) in [6.07, 6.45) is -0.696. The zero-order valence-corrected chi connectivity index (χ0v) is 16.2. The highest BCUT2D eigenvalue weighted by Crippen LogP contribution is 2.36. The molecule has 4 heteroatoms. The van der Waals surface area contributed by atoms with E-state index in [2.05, 4.69) is 0 Å². The summed E-state index contributed by atoms with van der Waals surface area (Å²) in [7, 11) is 0. The fourth-order valence-corrected chi connectivity index (χ4v) is 3.41. The molecule has 1 unspecified atom stereocenters. The van der Waals surface area contributed by atoms with Crippen LogP contribution in [-0.2, 0) is 0 Å². The largest absolute Gasteiger partial charge is 0.482 e. The highest BCUT2D eigenvalue weighted by atomic mass is 16.5. The van der Waals surface area contributed by atoms with Crippen molar-refractivity contribution in [3.63, 3.8) is 0 Å². The molecule has 0 radical (unpaired) electrons. The average Bonchev–Trinajstić information content (AvgIpc) is 2.73. The molecule has 0 saturated heterocycles. The van der Waals surface area contributed by atoms with Crippen LogP contribution in [0.3, 0.4) is 0 Å². The summed E-state index contributed by atoms with van der Waals surface area (Å²) in [5.41, 5.74) is 3.06. The second-order valence-electron chi connectivity index (χ2n) is 6.97.